The summed E-state index contributed by atoms with van der Waals surface area (Å²) < 4.78 is 1.10. The van der Waals surface area contributed by atoms with Gasteiger partial charge in [-0.05, 0) is 52.2 Å². The molecule has 0 spiro atoms. The molecule has 0 saturated carbocycles. The highest BCUT2D eigenvalue weighted by molar-refractivity contribution is 9.10. The minimum atomic E-state index is -0.159. The lowest BCUT2D eigenvalue weighted by molar-refractivity contribution is 0.117. The molecule has 110 valence electrons. The standard InChI is InChI=1S/C17H19BrN2O/c1-17(9-21)7-12-10-4-3-5-13-15(10)11(16(18)19-13)6-14(12)20(2)8-17/h3-5,7,14,19,21H,6,8-9H2,1-2H3/t14-,17-/m1/s1. The number of nitrogens with zero attached hydrogens (tertiary/aromatic N) is 1. The van der Waals surface area contributed by atoms with E-state index in [1.54, 1.807) is 0 Å². The molecule has 0 saturated heterocycles. The van der Waals surface area contributed by atoms with Crippen molar-refractivity contribution in [2.45, 2.75) is 19.4 Å². The number of hydrogen-bond donors (Lipinski definition) is 2. The third kappa shape index (κ3) is 1.86. The first-order chi connectivity index (χ1) is 10.0. The van der Waals surface area contributed by atoms with Gasteiger partial charge >= 0.3 is 0 Å². The van der Waals surface area contributed by atoms with Gasteiger partial charge < -0.3 is 10.1 Å². The molecule has 2 N–H and O–H groups in total. The minimum Gasteiger partial charge on any atom is -0.395 e. The summed E-state index contributed by atoms with van der Waals surface area (Å²) in [5, 5.41) is 11.1. The second-order valence-electron chi connectivity index (χ2n) is 6.69. The molecule has 2 aromatic rings. The molecule has 4 rings (SSSR count). The Labute approximate surface area is 132 Å². The van der Waals surface area contributed by atoms with Crippen molar-refractivity contribution in [3.63, 3.8) is 0 Å². The van der Waals surface area contributed by atoms with Gasteiger partial charge in [-0.1, -0.05) is 25.1 Å². The van der Waals surface area contributed by atoms with Gasteiger partial charge in [0.1, 0.15) is 0 Å². The predicted octanol–water partition coefficient (Wildman–Crippen LogP) is 3.18. The fraction of sp³-hybridized carbons (Fsp3) is 0.412. The molecule has 21 heavy (non-hydrogen) atoms. The van der Waals surface area contributed by atoms with Crippen molar-refractivity contribution < 1.29 is 5.11 Å². The van der Waals surface area contributed by atoms with E-state index in [9.17, 15) is 5.11 Å². The largest absolute Gasteiger partial charge is 0.395 e. The van der Waals surface area contributed by atoms with E-state index in [0.717, 1.165) is 17.6 Å². The maximum absolute atomic E-state index is 9.77. The Morgan fingerprint density at radius 1 is 1.48 bits per heavy atom. The average Bonchev–Trinajstić information content (AvgIpc) is 2.78. The highest BCUT2D eigenvalue weighted by Gasteiger charge is 2.38. The molecule has 1 aromatic heterocycles. The van der Waals surface area contributed by atoms with E-state index >= 15 is 0 Å². The van der Waals surface area contributed by atoms with Crippen molar-refractivity contribution in [1.29, 1.82) is 0 Å². The summed E-state index contributed by atoms with van der Waals surface area (Å²) in [5.74, 6) is 0. The van der Waals surface area contributed by atoms with E-state index in [1.807, 2.05) is 0 Å². The number of nitrogens with one attached hydrogen (secondary N) is 1. The van der Waals surface area contributed by atoms with Gasteiger partial charge in [0.25, 0.3) is 0 Å². The number of halogens is 1. The molecule has 1 aliphatic carbocycles. The molecule has 1 aliphatic heterocycles. The Balaban J connectivity index is 2.01. The molecular weight excluding hydrogens is 328 g/mol. The summed E-state index contributed by atoms with van der Waals surface area (Å²) in [7, 11) is 2.16. The summed E-state index contributed by atoms with van der Waals surface area (Å²) in [4.78, 5) is 5.82. The average molecular weight is 347 g/mol. The monoisotopic (exact) mass is 346 g/mol. The molecule has 2 aliphatic rings. The number of aliphatic hydroxyl groups is 1. The predicted molar refractivity (Wildman–Crippen MR) is 89.3 cm³/mol. The zero-order chi connectivity index (χ0) is 14.8. The molecule has 0 unspecified atom stereocenters. The van der Waals surface area contributed by atoms with Gasteiger partial charge in [-0.2, -0.15) is 0 Å². The number of benzene rings is 1. The smallest absolute Gasteiger partial charge is 0.0864 e. The molecule has 0 radical (unpaired) electrons. The molecule has 2 atom stereocenters. The highest BCUT2D eigenvalue weighted by Crippen LogP contribution is 2.45. The molecule has 1 aromatic carbocycles. The number of H-pyrrole nitrogens is 1. The summed E-state index contributed by atoms with van der Waals surface area (Å²) >= 11 is 3.68. The maximum Gasteiger partial charge on any atom is 0.0864 e. The molecule has 3 nitrogen and oxygen atoms in total. The van der Waals surface area contributed by atoms with Crippen molar-refractivity contribution >= 4 is 32.4 Å². The first-order valence-electron chi connectivity index (χ1n) is 7.36. The summed E-state index contributed by atoms with van der Waals surface area (Å²) in [5.41, 5.74) is 5.08. The Hall–Kier alpha value is -1.10. The fourth-order valence-corrected chi connectivity index (χ4v) is 4.54. The SMILES string of the molecule is CN1C[C@](C)(CO)C=C2c3cccc4[nH]c(Br)c(c34)C[C@H]21. The fourth-order valence-electron chi connectivity index (χ4n) is 3.96. The number of aromatic nitrogens is 1. The van der Waals surface area contributed by atoms with Crippen LogP contribution >= 0.6 is 15.9 Å². The van der Waals surface area contributed by atoms with Gasteiger partial charge in [-0.3, -0.25) is 4.90 Å². The van der Waals surface area contributed by atoms with E-state index in [-0.39, 0.29) is 12.0 Å². The van der Waals surface area contributed by atoms with Gasteiger partial charge in [0.05, 0.1) is 11.2 Å². The minimum absolute atomic E-state index is 0.159. The van der Waals surface area contributed by atoms with Crippen LogP contribution in [0.25, 0.3) is 16.5 Å². The second kappa shape index (κ2) is 4.45. The lowest BCUT2D eigenvalue weighted by Crippen LogP contribution is -2.47. The Morgan fingerprint density at radius 3 is 3.05 bits per heavy atom. The van der Waals surface area contributed by atoms with Crippen LogP contribution in [0.1, 0.15) is 18.1 Å². The summed E-state index contributed by atoms with van der Waals surface area (Å²) in [6, 6.07) is 6.85. The molecule has 2 heterocycles. The molecule has 0 amide bonds. The molecule has 0 fully saturated rings. The van der Waals surface area contributed by atoms with E-state index < -0.39 is 0 Å². The van der Waals surface area contributed by atoms with Crippen LogP contribution in [0.3, 0.4) is 0 Å². The normalized spacial score (nSPS) is 28.6. The Bertz CT molecular complexity index is 763. The number of likely N-dealkylation sites (N-methyl/N-ethyl adjacent to an activating group) is 1. The number of aromatic amines is 1. The lowest BCUT2D eigenvalue weighted by Gasteiger charge is -2.43. The number of hydrogen-bond acceptors (Lipinski definition) is 2. The van der Waals surface area contributed by atoms with Crippen LogP contribution < -0.4 is 0 Å². The van der Waals surface area contributed by atoms with Crippen LogP contribution in [0, 0.1) is 5.41 Å². The van der Waals surface area contributed by atoms with Crippen LogP contribution in [-0.2, 0) is 6.42 Å². The topological polar surface area (TPSA) is 39.3 Å². The van der Waals surface area contributed by atoms with E-state index in [2.05, 4.69) is 64.1 Å². The van der Waals surface area contributed by atoms with E-state index in [1.165, 1.54) is 27.6 Å². The third-order valence-electron chi connectivity index (χ3n) is 4.95. The summed E-state index contributed by atoms with van der Waals surface area (Å²) in [6.45, 7) is 3.22. The first-order valence-corrected chi connectivity index (χ1v) is 8.15. The maximum atomic E-state index is 9.77. The lowest BCUT2D eigenvalue weighted by atomic mass is 9.75. The number of aliphatic hydroxyl groups excluding tert-OH is 1. The van der Waals surface area contributed by atoms with Crippen molar-refractivity contribution in [2.75, 3.05) is 20.2 Å². The quantitative estimate of drug-likeness (QED) is 0.832. The van der Waals surface area contributed by atoms with Crippen LogP contribution in [0.5, 0.6) is 0 Å². The number of fused-ring (bicyclic) bond motifs is 2. The van der Waals surface area contributed by atoms with Crippen molar-refractivity contribution in [3.8, 4) is 0 Å². The molecule has 4 heteroatoms. The van der Waals surface area contributed by atoms with E-state index in [4.69, 9.17) is 0 Å². The Kier molecular flexibility index (Phi) is 2.87. The zero-order valence-electron chi connectivity index (χ0n) is 12.3. The number of rotatable bonds is 1. The van der Waals surface area contributed by atoms with Crippen LogP contribution in [0.4, 0.5) is 0 Å². The van der Waals surface area contributed by atoms with Gasteiger partial charge in [-0.25, -0.2) is 0 Å². The first kappa shape index (κ1) is 13.6. The highest BCUT2D eigenvalue weighted by atomic mass is 79.9. The molecule has 0 bridgehead atoms. The second-order valence-corrected chi connectivity index (χ2v) is 7.49. The van der Waals surface area contributed by atoms with Crippen molar-refractivity contribution in [1.82, 2.24) is 9.88 Å². The van der Waals surface area contributed by atoms with Gasteiger partial charge in [-0.15, -0.1) is 0 Å². The van der Waals surface area contributed by atoms with Gasteiger partial charge in [0, 0.05) is 28.9 Å². The Morgan fingerprint density at radius 2 is 2.29 bits per heavy atom. The van der Waals surface area contributed by atoms with Gasteiger partial charge in [0.2, 0.25) is 0 Å². The van der Waals surface area contributed by atoms with Crippen LogP contribution in [0.15, 0.2) is 28.9 Å². The zero-order valence-corrected chi connectivity index (χ0v) is 13.9. The van der Waals surface area contributed by atoms with Crippen LogP contribution in [0.2, 0.25) is 0 Å². The van der Waals surface area contributed by atoms with Crippen LogP contribution in [-0.4, -0.2) is 41.2 Å². The molecular formula is C17H19BrN2O. The van der Waals surface area contributed by atoms with Crippen molar-refractivity contribution in [3.05, 3.63) is 40.0 Å². The van der Waals surface area contributed by atoms with Gasteiger partial charge in [0.15, 0.2) is 0 Å². The third-order valence-corrected chi connectivity index (χ3v) is 5.63. The van der Waals surface area contributed by atoms with Crippen molar-refractivity contribution in [2.24, 2.45) is 5.41 Å². The summed E-state index contributed by atoms with van der Waals surface area (Å²) in [6.07, 6.45) is 3.32. The van der Waals surface area contributed by atoms with E-state index in [0.29, 0.717) is 6.04 Å².